The standard InChI is InChI=1S/C8H14N/c1-2-7-9-8(4-1)5-3-6-8/h5,9H,1-4,6-7H2. The minimum Gasteiger partial charge on any atom is -0.311 e. The molecule has 1 saturated heterocycles. The van der Waals surface area contributed by atoms with Crippen LogP contribution in [-0.2, 0) is 0 Å². The van der Waals surface area contributed by atoms with Crippen LogP contribution in [0.5, 0.6) is 0 Å². The van der Waals surface area contributed by atoms with Gasteiger partial charge in [0, 0.05) is 5.54 Å². The largest absolute Gasteiger partial charge is 0.311 e. The van der Waals surface area contributed by atoms with Gasteiger partial charge in [0.05, 0.1) is 0 Å². The summed E-state index contributed by atoms with van der Waals surface area (Å²) in [4.78, 5) is 0. The monoisotopic (exact) mass is 124 g/mol. The molecule has 1 unspecified atom stereocenters. The van der Waals surface area contributed by atoms with Crippen LogP contribution in [-0.4, -0.2) is 12.1 Å². The zero-order valence-corrected chi connectivity index (χ0v) is 5.82. The molecule has 0 amide bonds. The summed E-state index contributed by atoms with van der Waals surface area (Å²) in [6, 6.07) is 0. The van der Waals surface area contributed by atoms with Crippen molar-refractivity contribution in [2.45, 2.75) is 37.6 Å². The molecule has 1 heteroatoms. The van der Waals surface area contributed by atoms with Crippen LogP contribution in [0, 0.1) is 6.42 Å². The summed E-state index contributed by atoms with van der Waals surface area (Å²) in [6.07, 6.45) is 9.40. The Balaban J connectivity index is 1.93. The first kappa shape index (κ1) is 5.72. The van der Waals surface area contributed by atoms with E-state index < -0.39 is 0 Å². The molecule has 1 aliphatic heterocycles. The molecule has 1 atom stereocenters. The minimum atomic E-state index is 0.526. The summed E-state index contributed by atoms with van der Waals surface area (Å²) in [5, 5.41) is 3.58. The Bertz CT molecular complexity index is 97.1. The van der Waals surface area contributed by atoms with Crippen LogP contribution >= 0.6 is 0 Å². The van der Waals surface area contributed by atoms with E-state index in [0.717, 1.165) is 0 Å². The molecule has 1 N–H and O–H groups in total. The highest BCUT2D eigenvalue weighted by molar-refractivity contribution is 5.10. The fourth-order valence-electron chi connectivity index (χ4n) is 1.87. The number of hydrogen-bond donors (Lipinski definition) is 1. The average molecular weight is 124 g/mol. The van der Waals surface area contributed by atoms with Crippen LogP contribution in [0.2, 0.25) is 0 Å². The second-order valence-corrected chi connectivity index (χ2v) is 3.28. The zero-order chi connectivity index (χ0) is 6.16. The first-order valence-electron chi connectivity index (χ1n) is 4.01. The average Bonchev–Trinajstić information content (AvgIpc) is 1.87. The minimum absolute atomic E-state index is 0.526. The van der Waals surface area contributed by atoms with Gasteiger partial charge in [0.25, 0.3) is 0 Å². The van der Waals surface area contributed by atoms with Crippen molar-refractivity contribution < 1.29 is 0 Å². The molecule has 1 spiro atoms. The quantitative estimate of drug-likeness (QED) is 0.516. The van der Waals surface area contributed by atoms with Gasteiger partial charge >= 0.3 is 0 Å². The summed E-state index contributed by atoms with van der Waals surface area (Å²) < 4.78 is 0. The highest BCUT2D eigenvalue weighted by Crippen LogP contribution is 2.36. The van der Waals surface area contributed by atoms with Crippen LogP contribution in [0.1, 0.15) is 32.1 Å². The smallest absolute Gasteiger partial charge is 0.0213 e. The van der Waals surface area contributed by atoms with E-state index in [1.165, 1.54) is 38.6 Å². The zero-order valence-electron chi connectivity index (χ0n) is 5.82. The maximum absolute atomic E-state index is 3.58. The van der Waals surface area contributed by atoms with Crippen LogP contribution in [0.3, 0.4) is 0 Å². The van der Waals surface area contributed by atoms with E-state index in [0.29, 0.717) is 5.54 Å². The van der Waals surface area contributed by atoms with Gasteiger partial charge in [-0.1, -0.05) is 6.42 Å². The van der Waals surface area contributed by atoms with Crippen molar-refractivity contribution >= 4 is 0 Å². The summed E-state index contributed by atoms with van der Waals surface area (Å²) in [5.41, 5.74) is 0.526. The highest BCUT2D eigenvalue weighted by Gasteiger charge is 2.37. The maximum Gasteiger partial charge on any atom is 0.0213 e. The predicted molar refractivity (Wildman–Crippen MR) is 38.1 cm³/mol. The molecule has 1 radical (unpaired) electrons. The maximum atomic E-state index is 3.58. The van der Waals surface area contributed by atoms with Crippen molar-refractivity contribution in [3.63, 3.8) is 0 Å². The van der Waals surface area contributed by atoms with Gasteiger partial charge < -0.3 is 5.32 Å². The molecule has 1 heterocycles. The van der Waals surface area contributed by atoms with Gasteiger partial charge in [-0.25, -0.2) is 0 Å². The van der Waals surface area contributed by atoms with E-state index in [1.54, 1.807) is 0 Å². The molecule has 0 aromatic rings. The summed E-state index contributed by atoms with van der Waals surface area (Å²) >= 11 is 0. The van der Waals surface area contributed by atoms with E-state index in [9.17, 15) is 0 Å². The molecule has 1 saturated carbocycles. The molecule has 2 aliphatic rings. The summed E-state index contributed by atoms with van der Waals surface area (Å²) in [6.45, 7) is 1.25. The molecule has 1 nitrogen and oxygen atoms in total. The molecular formula is C8H14N. The molecule has 51 valence electrons. The second-order valence-electron chi connectivity index (χ2n) is 3.28. The normalized spacial score (nSPS) is 32.0. The second kappa shape index (κ2) is 1.98. The van der Waals surface area contributed by atoms with E-state index in [4.69, 9.17) is 0 Å². The molecule has 1 aliphatic carbocycles. The fourth-order valence-corrected chi connectivity index (χ4v) is 1.87. The van der Waals surface area contributed by atoms with Gasteiger partial charge in [-0.3, -0.25) is 0 Å². The topological polar surface area (TPSA) is 12.0 Å². The van der Waals surface area contributed by atoms with Crippen molar-refractivity contribution in [2.24, 2.45) is 0 Å². The lowest BCUT2D eigenvalue weighted by atomic mass is 9.72. The third kappa shape index (κ3) is 0.877. The van der Waals surface area contributed by atoms with E-state index >= 15 is 0 Å². The molecule has 9 heavy (non-hydrogen) atoms. The number of nitrogens with one attached hydrogen (secondary N) is 1. The Labute approximate surface area is 56.8 Å². The first-order chi connectivity index (χ1) is 4.41. The summed E-state index contributed by atoms with van der Waals surface area (Å²) in [5.74, 6) is 0. The molecule has 0 aromatic carbocycles. The predicted octanol–water partition coefficient (Wildman–Crippen LogP) is 1.50. The van der Waals surface area contributed by atoms with Gasteiger partial charge in [0.1, 0.15) is 0 Å². The molecule has 0 aromatic heterocycles. The fraction of sp³-hybridized carbons (Fsp3) is 0.875. The lowest BCUT2D eigenvalue weighted by Crippen LogP contribution is -2.53. The molecular weight excluding hydrogens is 110 g/mol. The van der Waals surface area contributed by atoms with Crippen LogP contribution in [0.15, 0.2) is 0 Å². The van der Waals surface area contributed by atoms with Crippen LogP contribution < -0.4 is 5.32 Å². The molecule has 2 rings (SSSR count). The Morgan fingerprint density at radius 3 is 2.44 bits per heavy atom. The van der Waals surface area contributed by atoms with E-state index in [-0.39, 0.29) is 0 Å². The third-order valence-electron chi connectivity index (χ3n) is 2.65. The SMILES string of the molecule is [CH]1CCC12CCCCN2. The van der Waals surface area contributed by atoms with Gasteiger partial charge in [0.15, 0.2) is 0 Å². The number of piperidine rings is 1. The highest BCUT2D eigenvalue weighted by atomic mass is 15.0. The van der Waals surface area contributed by atoms with Crippen molar-refractivity contribution in [3.05, 3.63) is 6.42 Å². The molecule has 2 fully saturated rings. The van der Waals surface area contributed by atoms with Crippen LogP contribution in [0.25, 0.3) is 0 Å². The van der Waals surface area contributed by atoms with Crippen LogP contribution in [0.4, 0.5) is 0 Å². The number of rotatable bonds is 0. The third-order valence-corrected chi connectivity index (χ3v) is 2.65. The van der Waals surface area contributed by atoms with Gasteiger partial charge in [-0.15, -0.1) is 0 Å². The van der Waals surface area contributed by atoms with E-state index in [2.05, 4.69) is 11.7 Å². The Hall–Kier alpha value is -0.0400. The van der Waals surface area contributed by atoms with Gasteiger partial charge in [-0.2, -0.15) is 0 Å². The van der Waals surface area contributed by atoms with Gasteiger partial charge in [-0.05, 0) is 38.6 Å². The van der Waals surface area contributed by atoms with Crippen molar-refractivity contribution in [1.29, 1.82) is 0 Å². The van der Waals surface area contributed by atoms with E-state index in [1.807, 2.05) is 0 Å². The first-order valence-corrected chi connectivity index (χ1v) is 4.01. The molecule has 0 bridgehead atoms. The number of hydrogen-bond acceptors (Lipinski definition) is 1. The lowest BCUT2D eigenvalue weighted by Gasteiger charge is -2.45. The Kier molecular flexibility index (Phi) is 1.26. The Morgan fingerprint density at radius 1 is 1.22 bits per heavy atom. The lowest BCUT2D eigenvalue weighted by molar-refractivity contribution is 0.214. The Morgan fingerprint density at radius 2 is 2.11 bits per heavy atom. The van der Waals surface area contributed by atoms with Crippen molar-refractivity contribution in [1.82, 2.24) is 5.32 Å². The van der Waals surface area contributed by atoms with Crippen molar-refractivity contribution in [3.8, 4) is 0 Å². The van der Waals surface area contributed by atoms with Gasteiger partial charge in [0.2, 0.25) is 0 Å². The summed E-state index contributed by atoms with van der Waals surface area (Å²) in [7, 11) is 0. The van der Waals surface area contributed by atoms with Crippen molar-refractivity contribution in [2.75, 3.05) is 6.54 Å².